The van der Waals surface area contributed by atoms with Gasteiger partial charge in [-0.05, 0) is 0 Å². The number of alkyl halides is 4. The molecular weight excluding hydrogens is 284 g/mol. The van der Waals surface area contributed by atoms with Crippen LogP contribution in [0.4, 0.5) is 5.69 Å². The predicted molar refractivity (Wildman–Crippen MR) is 64.1 cm³/mol. The third kappa shape index (κ3) is 7.68. The molecule has 0 N–H and O–H groups in total. The van der Waals surface area contributed by atoms with Crippen molar-refractivity contribution in [1.82, 2.24) is 0 Å². The molecule has 1 aromatic carbocycles. The Morgan fingerprint density at radius 3 is 1.60 bits per heavy atom. The summed E-state index contributed by atoms with van der Waals surface area (Å²) in [5.41, 5.74) is 0.137. The van der Waals surface area contributed by atoms with Crippen molar-refractivity contribution >= 4 is 52.1 Å². The number of non-ortho nitro benzene ring substituents is 1. The summed E-state index contributed by atoms with van der Waals surface area (Å²) < 4.78 is 0. The highest BCUT2D eigenvalue weighted by Crippen LogP contribution is 2.16. The molecule has 84 valence electrons. The maximum absolute atomic E-state index is 10.0. The largest absolute Gasteiger partial charge is 0.269 e. The van der Waals surface area contributed by atoms with E-state index in [0.717, 1.165) is 0 Å². The van der Waals surface area contributed by atoms with Crippen molar-refractivity contribution in [1.29, 1.82) is 0 Å². The lowest BCUT2D eigenvalue weighted by molar-refractivity contribution is -0.384. The number of nitro benzene ring substituents is 1. The maximum atomic E-state index is 10.0. The minimum absolute atomic E-state index is 0.137. The van der Waals surface area contributed by atoms with Crippen molar-refractivity contribution in [3.8, 4) is 0 Å². The number of nitro groups is 1. The summed E-state index contributed by atoms with van der Waals surface area (Å²) in [6, 6.07) is 7.93. The zero-order valence-electron chi connectivity index (χ0n) is 7.32. The summed E-state index contributed by atoms with van der Waals surface area (Å²) in [6.07, 6.45) is 0. The van der Waals surface area contributed by atoms with Crippen molar-refractivity contribution in [2.45, 2.75) is 9.67 Å². The average Bonchev–Trinajstić information content (AvgIpc) is 2.20. The topological polar surface area (TPSA) is 43.1 Å². The fourth-order valence-corrected chi connectivity index (χ4v) is 0.550. The van der Waals surface area contributed by atoms with Gasteiger partial charge in [0.2, 0.25) is 0 Å². The Kier molecular flexibility index (Phi) is 7.88. The van der Waals surface area contributed by atoms with Gasteiger partial charge < -0.3 is 0 Å². The van der Waals surface area contributed by atoms with Gasteiger partial charge in [0.05, 0.1) is 4.92 Å². The van der Waals surface area contributed by atoms with Gasteiger partial charge in [-0.15, -0.1) is 46.4 Å². The zero-order chi connectivity index (χ0) is 11.8. The van der Waals surface area contributed by atoms with Gasteiger partial charge in [0, 0.05) is 12.1 Å². The number of halogens is 4. The lowest BCUT2D eigenvalue weighted by Gasteiger charge is -1.95. The molecular formula is C8H7Cl4NO2. The normalized spacial score (nSPS) is 9.73. The van der Waals surface area contributed by atoms with E-state index in [2.05, 4.69) is 0 Å². The second-order valence-corrected chi connectivity index (χ2v) is 4.59. The standard InChI is InChI=1S/C6H5NO2.C2H2Cl4/c8-7(9)6-4-2-1-3-5-6;3-1(4)2(5)6/h1-5H;1-2H. The zero-order valence-corrected chi connectivity index (χ0v) is 10.3. The number of benzene rings is 1. The molecule has 1 aromatic rings. The Hall–Kier alpha value is -0.220. The maximum Gasteiger partial charge on any atom is 0.269 e. The number of para-hydroxylation sites is 1. The third-order valence-corrected chi connectivity index (χ3v) is 2.68. The first-order valence-corrected chi connectivity index (χ1v) is 5.45. The summed E-state index contributed by atoms with van der Waals surface area (Å²) in [5.74, 6) is 0. The highest BCUT2D eigenvalue weighted by molar-refractivity contribution is 6.56. The summed E-state index contributed by atoms with van der Waals surface area (Å²) in [6.45, 7) is 0. The Balaban J connectivity index is 0.000000288. The summed E-state index contributed by atoms with van der Waals surface area (Å²) in [4.78, 5) is 8.24. The lowest BCUT2D eigenvalue weighted by Crippen LogP contribution is -1.96. The average molecular weight is 291 g/mol. The van der Waals surface area contributed by atoms with Crippen LogP contribution in [0, 0.1) is 10.1 Å². The van der Waals surface area contributed by atoms with E-state index in [-0.39, 0.29) is 5.69 Å². The molecule has 0 saturated heterocycles. The van der Waals surface area contributed by atoms with Crippen LogP contribution in [-0.4, -0.2) is 14.6 Å². The molecule has 15 heavy (non-hydrogen) atoms. The van der Waals surface area contributed by atoms with Gasteiger partial charge in [-0.1, -0.05) is 18.2 Å². The fraction of sp³-hybridized carbons (Fsp3) is 0.250. The molecule has 0 unspecified atom stereocenters. The van der Waals surface area contributed by atoms with E-state index >= 15 is 0 Å². The molecule has 0 radical (unpaired) electrons. The van der Waals surface area contributed by atoms with E-state index in [1.54, 1.807) is 18.2 Å². The third-order valence-electron chi connectivity index (χ3n) is 1.16. The van der Waals surface area contributed by atoms with Crippen LogP contribution in [0.5, 0.6) is 0 Å². The Morgan fingerprint density at radius 1 is 1.00 bits per heavy atom. The summed E-state index contributed by atoms with van der Waals surface area (Å²) >= 11 is 20.5. The minimum Gasteiger partial charge on any atom is -0.258 e. The predicted octanol–water partition coefficient (Wildman–Crippen LogP) is 4.19. The van der Waals surface area contributed by atoms with Crippen molar-refractivity contribution in [2.24, 2.45) is 0 Å². The van der Waals surface area contributed by atoms with Crippen molar-refractivity contribution in [3.05, 3.63) is 40.4 Å². The van der Waals surface area contributed by atoms with Crippen LogP contribution in [-0.2, 0) is 0 Å². The molecule has 0 bridgehead atoms. The number of nitrogens with zero attached hydrogens (tertiary/aromatic N) is 1. The van der Waals surface area contributed by atoms with Crippen LogP contribution in [0.1, 0.15) is 0 Å². The summed E-state index contributed by atoms with van der Waals surface area (Å²) in [7, 11) is 0. The van der Waals surface area contributed by atoms with Gasteiger partial charge in [0.25, 0.3) is 5.69 Å². The monoisotopic (exact) mass is 289 g/mol. The van der Waals surface area contributed by atoms with Crippen LogP contribution in [0.2, 0.25) is 0 Å². The van der Waals surface area contributed by atoms with Gasteiger partial charge in [-0.3, -0.25) is 10.1 Å². The number of rotatable bonds is 2. The SMILES string of the molecule is ClC(Cl)C(Cl)Cl.O=[N+]([O-])c1ccccc1. The second kappa shape index (κ2) is 7.99. The molecule has 0 aliphatic heterocycles. The van der Waals surface area contributed by atoms with Crippen LogP contribution in [0.25, 0.3) is 0 Å². The van der Waals surface area contributed by atoms with E-state index in [0.29, 0.717) is 0 Å². The van der Waals surface area contributed by atoms with Crippen molar-refractivity contribution in [3.63, 3.8) is 0 Å². The Bertz CT molecular complexity index is 286. The van der Waals surface area contributed by atoms with Crippen LogP contribution in [0.3, 0.4) is 0 Å². The van der Waals surface area contributed by atoms with Gasteiger partial charge in [0.1, 0.15) is 9.67 Å². The molecule has 0 aliphatic rings. The molecule has 3 nitrogen and oxygen atoms in total. The van der Waals surface area contributed by atoms with Gasteiger partial charge in [-0.2, -0.15) is 0 Å². The van der Waals surface area contributed by atoms with Gasteiger partial charge >= 0.3 is 0 Å². The van der Waals surface area contributed by atoms with E-state index in [9.17, 15) is 10.1 Å². The first-order chi connectivity index (χ1) is 6.95. The quantitative estimate of drug-likeness (QED) is 0.466. The van der Waals surface area contributed by atoms with E-state index in [1.165, 1.54) is 12.1 Å². The molecule has 0 fully saturated rings. The summed E-state index contributed by atoms with van der Waals surface area (Å²) in [5, 5.41) is 10.0. The molecule has 0 amide bonds. The van der Waals surface area contributed by atoms with E-state index < -0.39 is 14.6 Å². The van der Waals surface area contributed by atoms with E-state index in [1.807, 2.05) is 0 Å². The van der Waals surface area contributed by atoms with Crippen molar-refractivity contribution < 1.29 is 4.92 Å². The Morgan fingerprint density at radius 2 is 1.40 bits per heavy atom. The number of hydrogen-bond donors (Lipinski definition) is 0. The molecule has 0 heterocycles. The molecule has 0 aliphatic carbocycles. The smallest absolute Gasteiger partial charge is 0.258 e. The second-order valence-electron chi connectivity index (χ2n) is 2.26. The van der Waals surface area contributed by atoms with Crippen LogP contribution in [0.15, 0.2) is 30.3 Å². The lowest BCUT2D eigenvalue weighted by atomic mass is 10.3. The van der Waals surface area contributed by atoms with Crippen molar-refractivity contribution in [2.75, 3.05) is 0 Å². The molecule has 0 aromatic heterocycles. The molecule has 0 atom stereocenters. The Labute approximate surface area is 107 Å². The molecule has 7 heteroatoms. The highest BCUT2D eigenvalue weighted by Gasteiger charge is 2.06. The first kappa shape index (κ1) is 14.8. The molecule has 0 spiro atoms. The number of hydrogen-bond acceptors (Lipinski definition) is 2. The molecule has 0 saturated carbocycles. The van der Waals surface area contributed by atoms with Crippen LogP contribution < -0.4 is 0 Å². The van der Waals surface area contributed by atoms with Gasteiger partial charge in [0.15, 0.2) is 0 Å². The first-order valence-electron chi connectivity index (χ1n) is 3.71. The van der Waals surface area contributed by atoms with E-state index in [4.69, 9.17) is 46.4 Å². The highest BCUT2D eigenvalue weighted by atomic mass is 35.5. The minimum atomic E-state index is -0.673. The van der Waals surface area contributed by atoms with Crippen LogP contribution >= 0.6 is 46.4 Å². The fourth-order valence-electron chi connectivity index (χ4n) is 0.550. The van der Waals surface area contributed by atoms with Gasteiger partial charge in [-0.25, -0.2) is 0 Å². The molecule has 1 rings (SSSR count).